The summed E-state index contributed by atoms with van der Waals surface area (Å²) in [5.41, 5.74) is 1.61. The van der Waals surface area contributed by atoms with Gasteiger partial charge in [-0.25, -0.2) is 9.37 Å². The number of piperidine rings is 1. The molecule has 0 radical (unpaired) electrons. The van der Waals surface area contributed by atoms with Crippen molar-refractivity contribution in [1.82, 2.24) is 15.2 Å². The van der Waals surface area contributed by atoms with Gasteiger partial charge in [0.25, 0.3) is 0 Å². The standard InChI is InChI=1S/C17H20FN3O2S/c1-21-7-6-15(22)13(9-21)17(23)19-8-16-20-14(10-24-16)11-2-4-12(18)5-3-11/h2-5,10,13,15,22H,6-9H2,1H3,(H,19,23)/t13-,15-/m1/s1. The summed E-state index contributed by atoms with van der Waals surface area (Å²) in [4.78, 5) is 18.8. The Labute approximate surface area is 144 Å². The third kappa shape index (κ3) is 3.98. The molecule has 7 heteroatoms. The van der Waals surface area contributed by atoms with Crippen molar-refractivity contribution in [2.24, 2.45) is 5.92 Å². The summed E-state index contributed by atoms with van der Waals surface area (Å²) in [7, 11) is 1.95. The number of hydrogen-bond donors (Lipinski definition) is 2. The SMILES string of the molecule is CN1CC[C@@H](O)[C@H](C(=O)NCc2nc(-c3ccc(F)cc3)cs2)C1. The lowest BCUT2D eigenvalue weighted by molar-refractivity contribution is -0.131. The molecule has 2 aromatic rings. The summed E-state index contributed by atoms with van der Waals surface area (Å²) in [6.45, 7) is 1.70. The molecule has 1 aromatic heterocycles. The Hall–Kier alpha value is -1.83. The molecule has 0 bridgehead atoms. The van der Waals surface area contributed by atoms with Crippen molar-refractivity contribution in [3.05, 3.63) is 40.5 Å². The van der Waals surface area contributed by atoms with Gasteiger partial charge >= 0.3 is 0 Å². The van der Waals surface area contributed by atoms with Crippen LogP contribution in [0.4, 0.5) is 4.39 Å². The molecular weight excluding hydrogens is 329 g/mol. The van der Waals surface area contributed by atoms with Crippen molar-refractivity contribution in [3.8, 4) is 11.3 Å². The van der Waals surface area contributed by atoms with Crippen LogP contribution in [0.5, 0.6) is 0 Å². The van der Waals surface area contributed by atoms with Gasteiger partial charge in [-0.05, 0) is 37.7 Å². The van der Waals surface area contributed by atoms with Gasteiger partial charge in [0.2, 0.25) is 5.91 Å². The molecule has 24 heavy (non-hydrogen) atoms. The summed E-state index contributed by atoms with van der Waals surface area (Å²) in [5.74, 6) is -0.828. The third-order valence-electron chi connectivity index (χ3n) is 4.22. The number of likely N-dealkylation sites (tertiary alicyclic amines) is 1. The lowest BCUT2D eigenvalue weighted by Gasteiger charge is -2.32. The van der Waals surface area contributed by atoms with Crippen molar-refractivity contribution in [1.29, 1.82) is 0 Å². The summed E-state index contributed by atoms with van der Waals surface area (Å²) < 4.78 is 13.0. The first-order valence-corrected chi connectivity index (χ1v) is 8.75. The van der Waals surface area contributed by atoms with Crippen molar-refractivity contribution < 1.29 is 14.3 Å². The zero-order valence-electron chi connectivity index (χ0n) is 13.4. The second-order valence-corrected chi connectivity index (χ2v) is 7.02. The maximum Gasteiger partial charge on any atom is 0.227 e. The van der Waals surface area contributed by atoms with Gasteiger partial charge in [-0.1, -0.05) is 0 Å². The maximum absolute atomic E-state index is 13.0. The topological polar surface area (TPSA) is 65.5 Å². The van der Waals surface area contributed by atoms with E-state index in [1.165, 1.54) is 23.5 Å². The molecule has 0 spiro atoms. The second-order valence-electron chi connectivity index (χ2n) is 6.08. The Morgan fingerprint density at radius 1 is 1.46 bits per heavy atom. The number of amides is 1. The summed E-state index contributed by atoms with van der Waals surface area (Å²) in [6, 6.07) is 6.16. The lowest BCUT2D eigenvalue weighted by atomic mass is 9.94. The van der Waals surface area contributed by atoms with Gasteiger partial charge < -0.3 is 15.3 Å². The van der Waals surface area contributed by atoms with Crippen LogP contribution < -0.4 is 5.32 Å². The van der Waals surface area contributed by atoms with Crippen molar-refractivity contribution in [2.45, 2.75) is 19.1 Å². The molecule has 1 aromatic carbocycles. The van der Waals surface area contributed by atoms with Crippen LogP contribution >= 0.6 is 11.3 Å². The van der Waals surface area contributed by atoms with E-state index in [0.717, 1.165) is 22.8 Å². The van der Waals surface area contributed by atoms with E-state index in [2.05, 4.69) is 10.3 Å². The molecule has 128 valence electrons. The molecule has 1 amide bonds. The van der Waals surface area contributed by atoms with Gasteiger partial charge in [-0.15, -0.1) is 11.3 Å². The van der Waals surface area contributed by atoms with Crippen LogP contribution in [-0.4, -0.2) is 47.1 Å². The number of nitrogens with one attached hydrogen (secondary N) is 1. The first-order chi connectivity index (χ1) is 11.5. The normalized spacial score (nSPS) is 21.6. The molecule has 5 nitrogen and oxygen atoms in total. The van der Waals surface area contributed by atoms with E-state index < -0.39 is 12.0 Å². The zero-order valence-corrected chi connectivity index (χ0v) is 14.2. The number of hydrogen-bond acceptors (Lipinski definition) is 5. The first-order valence-electron chi connectivity index (χ1n) is 7.87. The number of aliphatic hydroxyl groups is 1. The van der Waals surface area contributed by atoms with Gasteiger partial charge in [0.1, 0.15) is 10.8 Å². The minimum atomic E-state index is -0.590. The summed E-state index contributed by atoms with van der Waals surface area (Å²) in [6.07, 6.45) is 0.0212. The number of halogens is 1. The Morgan fingerprint density at radius 3 is 2.96 bits per heavy atom. The molecule has 2 heterocycles. The van der Waals surface area contributed by atoms with Gasteiger partial charge in [0.15, 0.2) is 0 Å². The van der Waals surface area contributed by atoms with E-state index in [-0.39, 0.29) is 11.7 Å². The van der Waals surface area contributed by atoms with E-state index in [1.807, 2.05) is 17.3 Å². The fourth-order valence-corrected chi connectivity index (χ4v) is 3.54. The number of aromatic nitrogens is 1. The van der Waals surface area contributed by atoms with E-state index in [0.29, 0.717) is 19.5 Å². The zero-order chi connectivity index (χ0) is 17.1. The average Bonchev–Trinajstić information content (AvgIpc) is 3.04. The number of thiazole rings is 1. The fraction of sp³-hybridized carbons (Fsp3) is 0.412. The van der Waals surface area contributed by atoms with Crippen molar-refractivity contribution >= 4 is 17.2 Å². The maximum atomic E-state index is 13.0. The first kappa shape index (κ1) is 17.0. The quantitative estimate of drug-likeness (QED) is 0.885. The molecule has 2 N–H and O–H groups in total. The number of rotatable bonds is 4. The van der Waals surface area contributed by atoms with Gasteiger partial charge in [-0.3, -0.25) is 4.79 Å². The summed E-state index contributed by atoms with van der Waals surface area (Å²) >= 11 is 1.45. The predicted molar refractivity (Wildman–Crippen MR) is 91.0 cm³/mol. The highest BCUT2D eigenvalue weighted by molar-refractivity contribution is 7.09. The van der Waals surface area contributed by atoms with Crippen LogP contribution in [0.25, 0.3) is 11.3 Å². The predicted octanol–water partition coefficient (Wildman–Crippen LogP) is 1.88. The number of nitrogens with zero attached hydrogens (tertiary/aromatic N) is 2. The van der Waals surface area contributed by atoms with Gasteiger partial charge in [0, 0.05) is 24.0 Å². The molecular formula is C17H20FN3O2S. The highest BCUT2D eigenvalue weighted by atomic mass is 32.1. The van der Waals surface area contributed by atoms with Gasteiger partial charge in [-0.2, -0.15) is 0 Å². The van der Waals surface area contributed by atoms with Gasteiger partial charge in [0.05, 0.1) is 24.3 Å². The molecule has 1 saturated heterocycles. The third-order valence-corrected chi connectivity index (χ3v) is 5.07. The van der Waals surface area contributed by atoms with E-state index in [4.69, 9.17) is 0 Å². The van der Waals surface area contributed by atoms with Crippen LogP contribution in [0, 0.1) is 11.7 Å². The smallest absolute Gasteiger partial charge is 0.227 e. The molecule has 0 unspecified atom stereocenters. The minimum Gasteiger partial charge on any atom is -0.392 e. The molecule has 2 atom stereocenters. The minimum absolute atomic E-state index is 0.146. The molecule has 1 fully saturated rings. The number of carbonyl (C=O) groups excluding carboxylic acids is 1. The van der Waals surface area contributed by atoms with E-state index in [9.17, 15) is 14.3 Å². The Bertz CT molecular complexity index is 704. The second kappa shape index (κ2) is 7.38. The monoisotopic (exact) mass is 349 g/mol. The Kier molecular flexibility index (Phi) is 5.23. The molecule has 0 aliphatic carbocycles. The van der Waals surface area contributed by atoms with Crippen LogP contribution in [0.3, 0.4) is 0 Å². The average molecular weight is 349 g/mol. The van der Waals surface area contributed by atoms with Crippen LogP contribution in [0.2, 0.25) is 0 Å². The van der Waals surface area contributed by atoms with E-state index >= 15 is 0 Å². The number of benzene rings is 1. The lowest BCUT2D eigenvalue weighted by Crippen LogP contribution is -2.48. The Balaban J connectivity index is 1.59. The van der Waals surface area contributed by atoms with Crippen molar-refractivity contribution in [3.63, 3.8) is 0 Å². The largest absolute Gasteiger partial charge is 0.392 e. The van der Waals surface area contributed by atoms with Crippen LogP contribution in [-0.2, 0) is 11.3 Å². The van der Waals surface area contributed by atoms with Crippen molar-refractivity contribution in [2.75, 3.05) is 20.1 Å². The van der Waals surface area contributed by atoms with E-state index in [1.54, 1.807) is 12.1 Å². The molecule has 1 aliphatic rings. The highest BCUT2D eigenvalue weighted by Gasteiger charge is 2.31. The molecule has 0 saturated carbocycles. The molecule has 3 rings (SSSR count). The Morgan fingerprint density at radius 2 is 2.21 bits per heavy atom. The van der Waals surface area contributed by atoms with Crippen LogP contribution in [0.15, 0.2) is 29.6 Å². The molecule has 1 aliphatic heterocycles. The fourth-order valence-electron chi connectivity index (χ4n) is 2.80. The number of aliphatic hydroxyl groups excluding tert-OH is 1. The summed E-state index contributed by atoms with van der Waals surface area (Å²) in [5, 5.41) is 15.5. The highest BCUT2D eigenvalue weighted by Crippen LogP contribution is 2.22. The number of carbonyl (C=O) groups is 1. The van der Waals surface area contributed by atoms with Crippen LogP contribution in [0.1, 0.15) is 11.4 Å².